The number of hydrogen-bond acceptors (Lipinski definition) is 3. The van der Waals surface area contributed by atoms with E-state index in [-0.39, 0.29) is 5.43 Å². The molecule has 0 atom stereocenters. The molecule has 4 aromatic rings. The Morgan fingerprint density at radius 2 is 1.61 bits per heavy atom. The van der Waals surface area contributed by atoms with E-state index >= 15 is 0 Å². The number of methoxy groups -OCH3 is 1. The molecular weight excluding hydrogens is 288 g/mol. The van der Waals surface area contributed by atoms with Gasteiger partial charge in [0.1, 0.15) is 17.1 Å². The van der Waals surface area contributed by atoms with Gasteiger partial charge in [-0.05, 0) is 29.0 Å². The summed E-state index contributed by atoms with van der Waals surface area (Å²) in [5.74, 6) is 1.20. The van der Waals surface area contributed by atoms with E-state index in [1.54, 1.807) is 19.2 Å². The Labute approximate surface area is 132 Å². The third kappa shape index (κ3) is 2.18. The zero-order valence-electron chi connectivity index (χ0n) is 12.6. The van der Waals surface area contributed by atoms with E-state index < -0.39 is 0 Å². The van der Waals surface area contributed by atoms with Gasteiger partial charge in [-0.2, -0.15) is 0 Å². The van der Waals surface area contributed by atoms with Crippen molar-refractivity contribution in [3.8, 4) is 17.1 Å². The normalized spacial score (nSPS) is 11.0. The molecule has 0 aliphatic rings. The lowest BCUT2D eigenvalue weighted by Crippen LogP contribution is -2.01. The highest BCUT2D eigenvalue weighted by molar-refractivity contribution is 5.99. The number of ether oxygens (including phenoxy) is 1. The van der Waals surface area contributed by atoms with E-state index in [1.807, 2.05) is 48.5 Å². The first-order chi connectivity index (χ1) is 11.3. The Bertz CT molecular complexity index is 1080. The minimum absolute atomic E-state index is 0.0585. The molecule has 0 fully saturated rings. The summed E-state index contributed by atoms with van der Waals surface area (Å²) in [5.41, 5.74) is 1.32. The Morgan fingerprint density at radius 3 is 2.43 bits per heavy atom. The van der Waals surface area contributed by atoms with Crippen molar-refractivity contribution in [3.63, 3.8) is 0 Å². The Hall–Kier alpha value is -3.07. The maximum atomic E-state index is 12.4. The molecule has 3 heteroatoms. The van der Waals surface area contributed by atoms with Crippen LogP contribution in [0.5, 0.6) is 5.75 Å². The summed E-state index contributed by atoms with van der Waals surface area (Å²) in [4.78, 5) is 12.4. The summed E-state index contributed by atoms with van der Waals surface area (Å²) >= 11 is 0. The molecule has 0 aliphatic heterocycles. The average Bonchev–Trinajstić information content (AvgIpc) is 2.60. The fourth-order valence-corrected chi connectivity index (χ4v) is 2.90. The second-order valence-electron chi connectivity index (χ2n) is 5.34. The van der Waals surface area contributed by atoms with Crippen LogP contribution < -0.4 is 10.2 Å². The molecule has 0 saturated carbocycles. The monoisotopic (exact) mass is 302 g/mol. The molecule has 3 aromatic carbocycles. The van der Waals surface area contributed by atoms with Gasteiger partial charge in [-0.1, -0.05) is 42.5 Å². The second-order valence-corrected chi connectivity index (χ2v) is 5.34. The number of fused-ring (bicyclic) bond motifs is 2. The highest BCUT2D eigenvalue weighted by Gasteiger charge is 2.14. The first-order valence-corrected chi connectivity index (χ1v) is 7.37. The Kier molecular flexibility index (Phi) is 3.12. The van der Waals surface area contributed by atoms with Gasteiger partial charge < -0.3 is 9.15 Å². The summed E-state index contributed by atoms with van der Waals surface area (Å²) in [7, 11) is 1.62. The van der Waals surface area contributed by atoms with E-state index in [4.69, 9.17) is 9.15 Å². The van der Waals surface area contributed by atoms with Crippen LogP contribution in [0.4, 0.5) is 0 Å². The van der Waals surface area contributed by atoms with E-state index in [9.17, 15) is 4.79 Å². The molecule has 0 unspecified atom stereocenters. The fourth-order valence-electron chi connectivity index (χ4n) is 2.90. The summed E-state index contributed by atoms with van der Waals surface area (Å²) in [5, 5.41) is 2.64. The lowest BCUT2D eigenvalue weighted by Gasteiger charge is -2.12. The molecule has 112 valence electrons. The zero-order valence-corrected chi connectivity index (χ0v) is 12.6. The van der Waals surface area contributed by atoms with Gasteiger partial charge in [-0.3, -0.25) is 4.79 Å². The standard InChI is InChI=1S/C20H14O3/c1-22-18-11-10-13-6-2-3-7-14(13)20(18)19-12-16(21)15-8-4-5-9-17(15)23-19/h2-12H,1H3. The van der Waals surface area contributed by atoms with E-state index in [0.717, 1.165) is 16.3 Å². The molecule has 1 heterocycles. The van der Waals surface area contributed by atoms with Gasteiger partial charge in [-0.25, -0.2) is 0 Å². The minimum Gasteiger partial charge on any atom is -0.496 e. The quantitative estimate of drug-likeness (QED) is 0.542. The molecule has 1 aromatic heterocycles. The molecule has 4 rings (SSSR count). The summed E-state index contributed by atoms with van der Waals surface area (Å²) < 4.78 is 11.5. The lowest BCUT2D eigenvalue weighted by atomic mass is 10.0. The van der Waals surface area contributed by atoms with Gasteiger partial charge in [0.25, 0.3) is 0 Å². The van der Waals surface area contributed by atoms with E-state index in [0.29, 0.717) is 22.5 Å². The largest absolute Gasteiger partial charge is 0.496 e. The molecule has 0 saturated heterocycles. The Balaban J connectivity index is 2.11. The first-order valence-electron chi connectivity index (χ1n) is 7.37. The maximum Gasteiger partial charge on any atom is 0.193 e. The molecule has 0 N–H and O–H groups in total. The molecule has 23 heavy (non-hydrogen) atoms. The third-order valence-electron chi connectivity index (χ3n) is 3.99. The highest BCUT2D eigenvalue weighted by Crippen LogP contribution is 2.37. The highest BCUT2D eigenvalue weighted by atomic mass is 16.5. The second kappa shape index (κ2) is 5.29. The van der Waals surface area contributed by atoms with Crippen LogP contribution >= 0.6 is 0 Å². The molecule has 0 amide bonds. The molecule has 0 bridgehead atoms. The van der Waals surface area contributed by atoms with Crippen molar-refractivity contribution in [1.82, 2.24) is 0 Å². The van der Waals surface area contributed by atoms with Gasteiger partial charge in [-0.15, -0.1) is 0 Å². The van der Waals surface area contributed by atoms with Crippen LogP contribution in [0.2, 0.25) is 0 Å². The van der Waals surface area contributed by atoms with Crippen molar-refractivity contribution in [2.24, 2.45) is 0 Å². The zero-order chi connectivity index (χ0) is 15.8. The van der Waals surface area contributed by atoms with Crippen molar-refractivity contribution in [2.45, 2.75) is 0 Å². The molecular formula is C20H14O3. The van der Waals surface area contributed by atoms with Gasteiger partial charge in [0.2, 0.25) is 0 Å². The first kappa shape index (κ1) is 13.6. The van der Waals surface area contributed by atoms with E-state index in [2.05, 4.69) is 0 Å². The van der Waals surface area contributed by atoms with Crippen LogP contribution in [-0.2, 0) is 0 Å². The van der Waals surface area contributed by atoms with E-state index in [1.165, 1.54) is 6.07 Å². The number of hydrogen-bond donors (Lipinski definition) is 0. The average molecular weight is 302 g/mol. The van der Waals surface area contributed by atoms with Crippen molar-refractivity contribution >= 4 is 21.7 Å². The van der Waals surface area contributed by atoms with Crippen molar-refractivity contribution in [1.29, 1.82) is 0 Å². The lowest BCUT2D eigenvalue weighted by molar-refractivity contribution is 0.415. The molecule has 0 spiro atoms. The minimum atomic E-state index is -0.0585. The van der Waals surface area contributed by atoms with Crippen LogP contribution in [0.1, 0.15) is 0 Å². The van der Waals surface area contributed by atoms with Crippen LogP contribution in [0.25, 0.3) is 33.1 Å². The predicted octanol–water partition coefficient (Wildman–Crippen LogP) is 4.62. The van der Waals surface area contributed by atoms with Crippen molar-refractivity contribution < 1.29 is 9.15 Å². The predicted molar refractivity (Wildman–Crippen MR) is 92.0 cm³/mol. The van der Waals surface area contributed by atoms with Gasteiger partial charge in [0, 0.05) is 6.07 Å². The molecule has 0 aliphatic carbocycles. The summed E-state index contributed by atoms with van der Waals surface area (Å²) in [6.45, 7) is 0. The maximum absolute atomic E-state index is 12.4. The summed E-state index contributed by atoms with van der Waals surface area (Å²) in [6.07, 6.45) is 0. The third-order valence-corrected chi connectivity index (χ3v) is 3.99. The smallest absolute Gasteiger partial charge is 0.193 e. The Morgan fingerprint density at radius 1 is 0.870 bits per heavy atom. The van der Waals surface area contributed by atoms with Crippen LogP contribution in [0.3, 0.4) is 0 Å². The van der Waals surface area contributed by atoms with Crippen LogP contribution in [0, 0.1) is 0 Å². The fraction of sp³-hybridized carbons (Fsp3) is 0.0500. The van der Waals surface area contributed by atoms with Gasteiger partial charge >= 0.3 is 0 Å². The van der Waals surface area contributed by atoms with Crippen LogP contribution in [-0.4, -0.2) is 7.11 Å². The SMILES string of the molecule is COc1ccc2ccccc2c1-c1cc(=O)c2ccccc2o1. The molecule has 0 radical (unpaired) electrons. The number of rotatable bonds is 2. The van der Waals surface area contributed by atoms with Gasteiger partial charge in [0.05, 0.1) is 18.1 Å². The number of para-hydroxylation sites is 1. The summed E-state index contributed by atoms with van der Waals surface area (Å²) in [6, 6.07) is 20.7. The molecule has 3 nitrogen and oxygen atoms in total. The number of benzene rings is 3. The topological polar surface area (TPSA) is 39.4 Å². The van der Waals surface area contributed by atoms with Crippen molar-refractivity contribution in [2.75, 3.05) is 7.11 Å². The van der Waals surface area contributed by atoms with Crippen LogP contribution in [0.15, 0.2) is 75.9 Å². The van der Waals surface area contributed by atoms with Gasteiger partial charge in [0.15, 0.2) is 5.43 Å². The van der Waals surface area contributed by atoms with Crippen molar-refractivity contribution in [3.05, 3.63) is 77.0 Å².